The molecule has 0 spiro atoms. The van der Waals surface area contributed by atoms with Crippen LogP contribution >= 0.6 is 0 Å². The maximum atomic E-state index is 12.3. The molecule has 0 radical (unpaired) electrons. The molecule has 1 aromatic rings. The zero-order valence-corrected chi connectivity index (χ0v) is 14.3. The van der Waals surface area contributed by atoms with Crippen LogP contribution in [0, 0.1) is 0 Å². The maximum absolute atomic E-state index is 12.3. The lowest BCUT2D eigenvalue weighted by Crippen LogP contribution is -2.41. The number of rotatable bonds is 2. The lowest BCUT2D eigenvalue weighted by Gasteiger charge is -2.32. The van der Waals surface area contributed by atoms with Gasteiger partial charge >= 0.3 is 7.12 Å². The molecule has 0 aliphatic carbocycles. The minimum absolute atomic E-state index is 0.147. The van der Waals surface area contributed by atoms with Crippen molar-refractivity contribution in [3.8, 4) is 0 Å². The average Bonchev–Trinajstić information content (AvgIpc) is 2.82. The summed E-state index contributed by atoms with van der Waals surface area (Å²) in [6.07, 6.45) is 0.424. The van der Waals surface area contributed by atoms with Gasteiger partial charge in [0.05, 0.1) is 17.6 Å². The van der Waals surface area contributed by atoms with Crippen LogP contribution in [-0.4, -0.2) is 30.3 Å². The fourth-order valence-corrected chi connectivity index (χ4v) is 3.14. The van der Waals surface area contributed by atoms with Crippen LogP contribution in [0.3, 0.4) is 0 Å². The molecule has 118 valence electrons. The van der Waals surface area contributed by atoms with Gasteiger partial charge in [-0.15, -0.1) is 0 Å². The van der Waals surface area contributed by atoms with E-state index in [4.69, 9.17) is 9.31 Å². The van der Waals surface area contributed by atoms with E-state index in [1.165, 1.54) is 0 Å². The predicted octanol–water partition coefficient (Wildman–Crippen LogP) is 2.28. The van der Waals surface area contributed by atoms with Crippen molar-refractivity contribution in [3.05, 3.63) is 23.8 Å². The molecular weight excluding hydrogens is 277 g/mol. The minimum Gasteiger partial charge on any atom is -0.399 e. The normalized spacial score (nSPS) is 22.6. The number of nitrogens with zero attached hydrogens (tertiary/aromatic N) is 1. The smallest absolute Gasteiger partial charge is 0.399 e. The standard InChI is InChI=1S/C17H24BNO3/c1-11(2)19-14-9-7-8-13(12(14)10-15(19)20)18-21-16(3,4)17(5,6)22-18/h7-9,11H,10H2,1-6H3. The summed E-state index contributed by atoms with van der Waals surface area (Å²) >= 11 is 0. The van der Waals surface area contributed by atoms with E-state index in [9.17, 15) is 4.79 Å². The Hall–Kier alpha value is -1.33. The lowest BCUT2D eigenvalue weighted by molar-refractivity contribution is -0.117. The van der Waals surface area contributed by atoms with Gasteiger partial charge in [0.15, 0.2) is 0 Å². The van der Waals surface area contributed by atoms with Crippen LogP contribution in [0.4, 0.5) is 5.69 Å². The highest BCUT2D eigenvalue weighted by molar-refractivity contribution is 6.63. The number of amides is 1. The molecule has 0 saturated carbocycles. The van der Waals surface area contributed by atoms with Crippen molar-refractivity contribution in [3.63, 3.8) is 0 Å². The highest BCUT2D eigenvalue weighted by atomic mass is 16.7. The second-order valence-corrected chi connectivity index (χ2v) is 7.47. The number of carbonyl (C=O) groups is 1. The van der Waals surface area contributed by atoms with Crippen LogP contribution in [0.15, 0.2) is 18.2 Å². The van der Waals surface area contributed by atoms with Crippen molar-refractivity contribution in [2.45, 2.75) is 65.2 Å². The summed E-state index contributed by atoms with van der Waals surface area (Å²) < 4.78 is 12.3. The number of hydrogen-bond donors (Lipinski definition) is 0. The molecule has 2 heterocycles. The second kappa shape index (κ2) is 4.83. The molecule has 2 aliphatic heterocycles. The number of anilines is 1. The molecule has 1 saturated heterocycles. The van der Waals surface area contributed by atoms with Crippen molar-refractivity contribution in [1.29, 1.82) is 0 Å². The van der Waals surface area contributed by atoms with E-state index >= 15 is 0 Å². The third-order valence-corrected chi connectivity index (χ3v) is 5.07. The van der Waals surface area contributed by atoms with Gasteiger partial charge in [0.25, 0.3) is 0 Å². The molecule has 5 heteroatoms. The second-order valence-electron chi connectivity index (χ2n) is 7.47. The Balaban J connectivity index is 2.01. The van der Waals surface area contributed by atoms with Gasteiger partial charge in [0.1, 0.15) is 0 Å². The zero-order chi connectivity index (χ0) is 16.3. The third-order valence-electron chi connectivity index (χ3n) is 5.07. The van der Waals surface area contributed by atoms with E-state index < -0.39 is 7.12 Å². The van der Waals surface area contributed by atoms with Crippen molar-refractivity contribution in [2.75, 3.05) is 4.90 Å². The molecule has 0 N–H and O–H groups in total. The summed E-state index contributed by atoms with van der Waals surface area (Å²) in [5, 5.41) is 0. The number of carbonyl (C=O) groups excluding carboxylic acids is 1. The van der Waals surface area contributed by atoms with Crippen LogP contribution in [0.25, 0.3) is 0 Å². The van der Waals surface area contributed by atoms with Gasteiger partial charge in [-0.2, -0.15) is 0 Å². The summed E-state index contributed by atoms with van der Waals surface area (Å²) in [7, 11) is -0.417. The largest absolute Gasteiger partial charge is 0.495 e. The van der Waals surface area contributed by atoms with Crippen LogP contribution in [-0.2, 0) is 20.5 Å². The quantitative estimate of drug-likeness (QED) is 0.787. The molecule has 0 unspecified atom stereocenters. The highest BCUT2D eigenvalue weighted by Gasteiger charge is 2.52. The molecule has 1 fully saturated rings. The highest BCUT2D eigenvalue weighted by Crippen LogP contribution is 2.38. The summed E-state index contributed by atoms with van der Waals surface area (Å²) in [5.74, 6) is 0.147. The van der Waals surface area contributed by atoms with Crippen molar-refractivity contribution < 1.29 is 14.1 Å². The average molecular weight is 301 g/mol. The van der Waals surface area contributed by atoms with Gasteiger partial charge in [-0.3, -0.25) is 4.79 Å². The van der Waals surface area contributed by atoms with Gasteiger partial charge in [-0.25, -0.2) is 0 Å². The fraction of sp³-hybridized carbons (Fsp3) is 0.588. The monoisotopic (exact) mass is 301 g/mol. The number of hydrogen-bond acceptors (Lipinski definition) is 3. The first-order valence-electron chi connectivity index (χ1n) is 7.93. The van der Waals surface area contributed by atoms with Gasteiger partial charge in [0, 0.05) is 11.7 Å². The molecule has 22 heavy (non-hydrogen) atoms. The zero-order valence-electron chi connectivity index (χ0n) is 14.3. The predicted molar refractivity (Wildman–Crippen MR) is 88.5 cm³/mol. The third kappa shape index (κ3) is 2.18. The van der Waals surface area contributed by atoms with Crippen molar-refractivity contribution in [2.24, 2.45) is 0 Å². The number of benzene rings is 1. The molecule has 0 bridgehead atoms. The molecule has 0 aromatic heterocycles. The Morgan fingerprint density at radius 1 is 1.14 bits per heavy atom. The van der Waals surface area contributed by atoms with E-state index in [1.54, 1.807) is 0 Å². The molecule has 2 aliphatic rings. The Morgan fingerprint density at radius 3 is 2.27 bits per heavy atom. The Kier molecular flexibility index (Phi) is 3.42. The van der Waals surface area contributed by atoms with Gasteiger partial charge < -0.3 is 14.2 Å². The summed E-state index contributed by atoms with van der Waals surface area (Å²) in [6, 6.07) is 6.16. The van der Waals surface area contributed by atoms with E-state index in [0.29, 0.717) is 6.42 Å². The lowest BCUT2D eigenvalue weighted by atomic mass is 9.75. The van der Waals surface area contributed by atoms with Crippen molar-refractivity contribution >= 4 is 24.2 Å². The Morgan fingerprint density at radius 2 is 1.73 bits per heavy atom. The number of fused-ring (bicyclic) bond motifs is 1. The Bertz CT molecular complexity index is 608. The molecule has 0 atom stereocenters. The van der Waals surface area contributed by atoms with Gasteiger partial charge in [-0.05, 0) is 58.6 Å². The maximum Gasteiger partial charge on any atom is 0.495 e. The van der Waals surface area contributed by atoms with E-state index in [2.05, 4.69) is 0 Å². The molecular formula is C17H24BNO3. The molecule has 1 aromatic carbocycles. The molecule has 3 rings (SSSR count). The first-order valence-corrected chi connectivity index (χ1v) is 7.93. The van der Waals surface area contributed by atoms with Gasteiger partial charge in [0.2, 0.25) is 5.91 Å². The van der Waals surface area contributed by atoms with Crippen molar-refractivity contribution in [1.82, 2.24) is 0 Å². The first kappa shape index (κ1) is 15.6. The van der Waals surface area contributed by atoms with E-state index in [-0.39, 0.29) is 23.2 Å². The Labute approximate surface area is 132 Å². The summed E-state index contributed by atoms with van der Waals surface area (Å²) in [5.41, 5.74) is 2.26. The van der Waals surface area contributed by atoms with Crippen LogP contribution in [0.5, 0.6) is 0 Å². The molecule has 4 nitrogen and oxygen atoms in total. The SMILES string of the molecule is CC(C)N1C(=O)Cc2c(B3OC(C)(C)C(C)(C)O3)cccc21. The fourth-order valence-electron chi connectivity index (χ4n) is 3.14. The topological polar surface area (TPSA) is 38.8 Å². The summed E-state index contributed by atoms with van der Waals surface area (Å²) in [6.45, 7) is 12.2. The first-order chi connectivity index (χ1) is 10.1. The summed E-state index contributed by atoms with van der Waals surface area (Å²) in [4.78, 5) is 14.2. The molecule has 1 amide bonds. The van der Waals surface area contributed by atoms with E-state index in [1.807, 2.05) is 64.6 Å². The van der Waals surface area contributed by atoms with Crippen LogP contribution in [0.2, 0.25) is 0 Å². The van der Waals surface area contributed by atoms with Gasteiger partial charge in [-0.1, -0.05) is 12.1 Å². The minimum atomic E-state index is -0.417. The van der Waals surface area contributed by atoms with Crippen LogP contribution in [0.1, 0.15) is 47.1 Å². The van der Waals surface area contributed by atoms with E-state index in [0.717, 1.165) is 16.7 Å². The van der Waals surface area contributed by atoms with Crippen LogP contribution < -0.4 is 10.4 Å².